The zero-order chi connectivity index (χ0) is 16.4. The number of rotatable bonds is 4. The molecule has 0 radical (unpaired) electrons. The van der Waals surface area contributed by atoms with Gasteiger partial charge in [-0.1, -0.05) is 6.07 Å². The molecule has 3 aliphatic heterocycles. The van der Waals surface area contributed by atoms with Crippen LogP contribution in [0.4, 0.5) is 0 Å². The summed E-state index contributed by atoms with van der Waals surface area (Å²) < 4.78 is 11.6. The molecule has 130 valence electrons. The molecule has 0 saturated carbocycles. The molecule has 4 heterocycles. The first kappa shape index (κ1) is 16.4. The number of pyridine rings is 1. The van der Waals surface area contributed by atoms with Gasteiger partial charge >= 0.3 is 0 Å². The Morgan fingerprint density at radius 2 is 2.25 bits per heavy atom. The summed E-state index contributed by atoms with van der Waals surface area (Å²) in [6.07, 6.45) is 6.74. The van der Waals surface area contributed by atoms with E-state index in [-0.39, 0.29) is 16.8 Å². The first-order valence-corrected chi connectivity index (χ1v) is 9.74. The minimum absolute atomic E-state index is 0.181. The van der Waals surface area contributed by atoms with Crippen molar-refractivity contribution in [1.82, 2.24) is 9.88 Å². The molecule has 0 bridgehead atoms. The van der Waals surface area contributed by atoms with Gasteiger partial charge in [0.2, 0.25) is 5.91 Å². The van der Waals surface area contributed by atoms with Gasteiger partial charge in [0, 0.05) is 50.4 Å². The van der Waals surface area contributed by atoms with E-state index in [1.807, 2.05) is 35.0 Å². The molecular weight excluding hydrogens is 324 g/mol. The van der Waals surface area contributed by atoms with Crippen molar-refractivity contribution >= 4 is 17.7 Å². The molecule has 4 rings (SSSR count). The van der Waals surface area contributed by atoms with Crippen LogP contribution in [-0.4, -0.2) is 58.7 Å². The maximum atomic E-state index is 12.5. The number of amides is 1. The van der Waals surface area contributed by atoms with Crippen molar-refractivity contribution in [2.45, 2.75) is 36.7 Å². The fraction of sp³-hybridized carbons (Fsp3) is 0.667. The van der Waals surface area contributed by atoms with E-state index in [0.717, 1.165) is 56.9 Å². The molecule has 0 aliphatic carbocycles. The lowest BCUT2D eigenvalue weighted by Crippen LogP contribution is -2.62. The first-order chi connectivity index (χ1) is 11.7. The quantitative estimate of drug-likeness (QED) is 0.834. The number of ether oxygens (including phenoxy) is 2. The number of hydrogen-bond acceptors (Lipinski definition) is 5. The largest absolute Gasteiger partial charge is 0.381 e. The second-order valence-electron chi connectivity index (χ2n) is 7.07. The fourth-order valence-electron chi connectivity index (χ4n) is 3.84. The zero-order valence-electron chi connectivity index (χ0n) is 13.9. The minimum atomic E-state index is 0.181. The van der Waals surface area contributed by atoms with Crippen molar-refractivity contribution in [2.24, 2.45) is 5.92 Å². The standard InChI is InChI=1S/C18H24N2O3S/c21-17(15-3-6-22-7-4-15)20-12-18(13-20)8-16(11-24-18)23-10-14-2-1-5-19-9-14/h1-2,5,9,15-16H,3-4,6-8,10-13H2. The topological polar surface area (TPSA) is 51.7 Å². The molecular formula is C18H24N2O3S. The van der Waals surface area contributed by atoms with E-state index in [4.69, 9.17) is 9.47 Å². The van der Waals surface area contributed by atoms with Gasteiger partial charge in [0.15, 0.2) is 0 Å². The summed E-state index contributed by atoms with van der Waals surface area (Å²) in [5.74, 6) is 1.55. The molecule has 0 aromatic carbocycles. The predicted molar refractivity (Wildman–Crippen MR) is 92.7 cm³/mol. The average molecular weight is 348 g/mol. The molecule has 6 heteroatoms. The second kappa shape index (κ2) is 7.02. The van der Waals surface area contributed by atoms with Gasteiger partial charge in [-0.15, -0.1) is 11.8 Å². The lowest BCUT2D eigenvalue weighted by molar-refractivity contribution is -0.144. The molecule has 24 heavy (non-hydrogen) atoms. The van der Waals surface area contributed by atoms with E-state index in [0.29, 0.717) is 12.5 Å². The van der Waals surface area contributed by atoms with Gasteiger partial charge in [-0.2, -0.15) is 0 Å². The van der Waals surface area contributed by atoms with E-state index in [1.54, 1.807) is 6.20 Å². The normalized spacial score (nSPS) is 26.5. The number of thioether (sulfide) groups is 1. The smallest absolute Gasteiger partial charge is 0.225 e. The molecule has 1 aromatic rings. The van der Waals surface area contributed by atoms with Crippen LogP contribution in [0.25, 0.3) is 0 Å². The highest BCUT2D eigenvalue weighted by molar-refractivity contribution is 8.01. The lowest BCUT2D eigenvalue weighted by atomic mass is 9.89. The fourth-order valence-corrected chi connectivity index (χ4v) is 5.39. The molecule has 3 fully saturated rings. The van der Waals surface area contributed by atoms with Crippen LogP contribution in [0.2, 0.25) is 0 Å². The lowest BCUT2D eigenvalue weighted by Gasteiger charge is -2.48. The third-order valence-corrected chi connectivity index (χ3v) is 6.80. The van der Waals surface area contributed by atoms with E-state index in [2.05, 4.69) is 4.98 Å². The highest BCUT2D eigenvalue weighted by atomic mass is 32.2. The highest BCUT2D eigenvalue weighted by Gasteiger charge is 2.51. The van der Waals surface area contributed by atoms with Crippen LogP contribution in [0.15, 0.2) is 24.5 Å². The van der Waals surface area contributed by atoms with Crippen LogP contribution >= 0.6 is 11.8 Å². The summed E-state index contributed by atoms with van der Waals surface area (Å²) in [7, 11) is 0. The van der Waals surface area contributed by atoms with Gasteiger partial charge < -0.3 is 14.4 Å². The van der Waals surface area contributed by atoms with Crippen LogP contribution < -0.4 is 0 Å². The van der Waals surface area contributed by atoms with Crippen LogP contribution in [0, 0.1) is 5.92 Å². The summed E-state index contributed by atoms with van der Waals surface area (Å²) in [6.45, 7) is 3.86. The SMILES string of the molecule is O=C(C1CCOCC1)N1CC2(CC(OCc3cccnc3)CS2)C1. The van der Waals surface area contributed by atoms with Gasteiger partial charge in [-0.05, 0) is 30.9 Å². The molecule has 1 unspecified atom stereocenters. The summed E-state index contributed by atoms with van der Waals surface area (Å²) in [5.41, 5.74) is 1.12. The van der Waals surface area contributed by atoms with Crippen LogP contribution in [-0.2, 0) is 20.9 Å². The third-order valence-electron chi connectivity index (χ3n) is 5.22. The summed E-state index contributed by atoms with van der Waals surface area (Å²) in [6, 6.07) is 3.98. The maximum absolute atomic E-state index is 12.5. The third kappa shape index (κ3) is 3.46. The highest BCUT2D eigenvalue weighted by Crippen LogP contribution is 2.46. The van der Waals surface area contributed by atoms with E-state index in [9.17, 15) is 4.79 Å². The summed E-state index contributed by atoms with van der Waals surface area (Å²) in [5, 5.41) is 0. The number of carbonyl (C=O) groups is 1. The number of likely N-dealkylation sites (tertiary alicyclic amines) is 1. The monoisotopic (exact) mass is 348 g/mol. The molecule has 5 nitrogen and oxygen atoms in total. The molecule has 1 aromatic heterocycles. The molecule has 1 spiro atoms. The van der Waals surface area contributed by atoms with Gasteiger partial charge in [0.1, 0.15) is 0 Å². The Kier molecular flexibility index (Phi) is 4.79. The Morgan fingerprint density at radius 3 is 3.00 bits per heavy atom. The number of aromatic nitrogens is 1. The molecule has 3 saturated heterocycles. The zero-order valence-corrected chi connectivity index (χ0v) is 14.7. The maximum Gasteiger partial charge on any atom is 0.225 e. The van der Waals surface area contributed by atoms with E-state index >= 15 is 0 Å². The van der Waals surface area contributed by atoms with Crippen LogP contribution in [0.1, 0.15) is 24.8 Å². The van der Waals surface area contributed by atoms with Crippen LogP contribution in [0.3, 0.4) is 0 Å². The number of nitrogens with zero attached hydrogens (tertiary/aromatic N) is 2. The second-order valence-corrected chi connectivity index (χ2v) is 8.56. The van der Waals surface area contributed by atoms with Gasteiger partial charge in [0.25, 0.3) is 0 Å². The molecule has 3 aliphatic rings. The molecule has 1 amide bonds. The summed E-state index contributed by atoms with van der Waals surface area (Å²) in [4.78, 5) is 18.7. The first-order valence-electron chi connectivity index (χ1n) is 8.75. The van der Waals surface area contributed by atoms with Crippen LogP contribution in [0.5, 0.6) is 0 Å². The predicted octanol–water partition coefficient (Wildman–Crippen LogP) is 2.11. The van der Waals surface area contributed by atoms with Crippen molar-refractivity contribution in [1.29, 1.82) is 0 Å². The van der Waals surface area contributed by atoms with Crippen molar-refractivity contribution < 1.29 is 14.3 Å². The van der Waals surface area contributed by atoms with Crippen molar-refractivity contribution in [2.75, 3.05) is 32.1 Å². The summed E-state index contributed by atoms with van der Waals surface area (Å²) >= 11 is 1.98. The van der Waals surface area contributed by atoms with Crippen molar-refractivity contribution in [3.05, 3.63) is 30.1 Å². The molecule has 0 N–H and O–H groups in total. The number of carbonyl (C=O) groups excluding carboxylic acids is 1. The van der Waals surface area contributed by atoms with Gasteiger partial charge in [-0.3, -0.25) is 9.78 Å². The Labute approximate surface area is 147 Å². The minimum Gasteiger partial charge on any atom is -0.381 e. The van der Waals surface area contributed by atoms with Crippen molar-refractivity contribution in [3.8, 4) is 0 Å². The Bertz CT molecular complexity index is 571. The van der Waals surface area contributed by atoms with E-state index in [1.165, 1.54) is 0 Å². The van der Waals surface area contributed by atoms with E-state index < -0.39 is 0 Å². The average Bonchev–Trinajstić information content (AvgIpc) is 3.04. The Hall–Kier alpha value is -1.11. The van der Waals surface area contributed by atoms with Crippen molar-refractivity contribution in [3.63, 3.8) is 0 Å². The number of hydrogen-bond donors (Lipinski definition) is 0. The van der Waals surface area contributed by atoms with Gasteiger partial charge in [0.05, 0.1) is 17.5 Å². The molecule has 1 atom stereocenters. The Balaban J connectivity index is 1.23. The Morgan fingerprint density at radius 1 is 1.42 bits per heavy atom. The van der Waals surface area contributed by atoms with Gasteiger partial charge in [-0.25, -0.2) is 0 Å².